The number of nitrogens with one attached hydrogen (secondary N) is 2. The van der Waals surface area contributed by atoms with Crippen LogP contribution < -0.4 is 15.5 Å². The van der Waals surface area contributed by atoms with Crippen molar-refractivity contribution in [1.29, 1.82) is 0 Å². The molecule has 1 aromatic heterocycles. The summed E-state index contributed by atoms with van der Waals surface area (Å²) in [6, 6.07) is 8.74. The molecule has 0 aliphatic carbocycles. The summed E-state index contributed by atoms with van der Waals surface area (Å²) in [4.78, 5) is 33.4. The Balaban J connectivity index is 1.38. The van der Waals surface area contributed by atoms with Crippen LogP contribution in [0.15, 0.2) is 30.3 Å². The van der Waals surface area contributed by atoms with E-state index in [-0.39, 0.29) is 11.6 Å². The van der Waals surface area contributed by atoms with Gasteiger partial charge >= 0.3 is 0 Å². The zero-order valence-electron chi connectivity index (χ0n) is 18.1. The predicted molar refractivity (Wildman–Crippen MR) is 118 cm³/mol. The smallest absolute Gasteiger partial charge is 0.269 e. The molecule has 1 unspecified atom stereocenters. The second-order valence-corrected chi connectivity index (χ2v) is 7.84. The molecule has 9 nitrogen and oxygen atoms in total. The second kappa shape index (κ2) is 9.09. The van der Waals surface area contributed by atoms with Crippen LogP contribution in [0.5, 0.6) is 0 Å². The summed E-state index contributed by atoms with van der Waals surface area (Å²) in [7, 11) is 1.48. The number of aliphatic hydroxyl groups excluding tert-OH is 1. The second-order valence-electron chi connectivity index (χ2n) is 7.84. The Labute approximate surface area is 185 Å². The number of rotatable bonds is 5. The average Bonchev–Trinajstić information content (AvgIpc) is 2.79. The lowest BCUT2D eigenvalue weighted by Crippen LogP contribution is -2.48. The highest BCUT2D eigenvalue weighted by atomic mass is 19.1. The number of carbonyl (C=O) groups is 2. The maximum Gasteiger partial charge on any atom is 0.269 e. The zero-order chi connectivity index (χ0) is 22.8. The number of halogens is 1. The third-order valence-electron chi connectivity index (χ3n) is 5.90. The first kappa shape index (κ1) is 22.0. The first-order chi connectivity index (χ1) is 15.4. The van der Waals surface area contributed by atoms with Gasteiger partial charge in [0.15, 0.2) is 0 Å². The van der Waals surface area contributed by atoms with Crippen LogP contribution in [-0.2, 0) is 6.54 Å². The summed E-state index contributed by atoms with van der Waals surface area (Å²) in [5, 5.41) is 15.6. The van der Waals surface area contributed by atoms with Gasteiger partial charge in [0.05, 0.1) is 16.9 Å². The van der Waals surface area contributed by atoms with E-state index in [0.717, 1.165) is 18.7 Å². The summed E-state index contributed by atoms with van der Waals surface area (Å²) < 4.78 is 14.4. The molecule has 0 radical (unpaired) electrons. The van der Waals surface area contributed by atoms with E-state index >= 15 is 0 Å². The third kappa shape index (κ3) is 4.23. The molecule has 2 aliphatic heterocycles. The number of aromatic nitrogens is 1. The fourth-order valence-electron chi connectivity index (χ4n) is 4.12. The van der Waals surface area contributed by atoms with Gasteiger partial charge in [0, 0.05) is 46.3 Å². The van der Waals surface area contributed by atoms with Gasteiger partial charge in [-0.1, -0.05) is 6.07 Å². The summed E-state index contributed by atoms with van der Waals surface area (Å²) in [5.74, 6) is -1.26. The fourth-order valence-corrected chi connectivity index (χ4v) is 4.12. The van der Waals surface area contributed by atoms with Crippen molar-refractivity contribution >= 4 is 23.2 Å². The van der Waals surface area contributed by atoms with Crippen LogP contribution in [0.25, 0.3) is 0 Å². The number of amides is 2. The quantitative estimate of drug-likeness (QED) is 0.596. The summed E-state index contributed by atoms with van der Waals surface area (Å²) in [5.41, 5.74) is 2.65. The van der Waals surface area contributed by atoms with Gasteiger partial charge in [0.2, 0.25) is 12.3 Å². The normalized spacial score (nSPS) is 18.9. The fraction of sp³-hybridized carbons (Fsp3) is 0.409. The van der Waals surface area contributed by atoms with E-state index in [2.05, 4.69) is 20.5 Å². The van der Waals surface area contributed by atoms with Crippen molar-refractivity contribution in [1.82, 2.24) is 20.1 Å². The largest absolute Gasteiger partial charge is 0.365 e. The third-order valence-corrected chi connectivity index (χ3v) is 5.90. The molecular formula is C22H27FN6O3. The van der Waals surface area contributed by atoms with E-state index in [9.17, 15) is 19.1 Å². The highest BCUT2D eigenvalue weighted by Crippen LogP contribution is 2.27. The predicted octanol–water partition coefficient (Wildman–Crippen LogP) is 1.07. The van der Waals surface area contributed by atoms with E-state index in [0.29, 0.717) is 43.1 Å². The molecule has 10 heteroatoms. The van der Waals surface area contributed by atoms with Gasteiger partial charge in [-0.2, -0.15) is 4.39 Å². The molecule has 2 amide bonds. The van der Waals surface area contributed by atoms with Gasteiger partial charge in [-0.3, -0.25) is 19.4 Å². The van der Waals surface area contributed by atoms with Crippen LogP contribution in [0.2, 0.25) is 0 Å². The Hall–Kier alpha value is -3.24. The molecule has 2 aromatic rings. The highest BCUT2D eigenvalue weighted by Gasteiger charge is 2.29. The number of aliphatic hydroxyl groups is 1. The molecule has 1 fully saturated rings. The first-order valence-electron chi connectivity index (χ1n) is 10.7. The summed E-state index contributed by atoms with van der Waals surface area (Å²) in [6.45, 7) is 5.64. The molecule has 32 heavy (non-hydrogen) atoms. The lowest BCUT2D eigenvalue weighted by Gasteiger charge is -2.36. The topological polar surface area (TPSA) is 101 Å². The molecule has 1 atom stereocenters. The van der Waals surface area contributed by atoms with Crippen molar-refractivity contribution < 1.29 is 19.1 Å². The van der Waals surface area contributed by atoms with Crippen molar-refractivity contribution in [3.05, 3.63) is 53.1 Å². The molecule has 170 valence electrons. The number of benzene rings is 1. The number of nitrogens with zero attached hydrogens (tertiary/aromatic N) is 4. The SMILES string of the molecule is CCN1C(=O)c2ccc(CN3CCN(c4ccc(C(=O)NC)nc4F)CC3)cc2NC1O. The van der Waals surface area contributed by atoms with Gasteiger partial charge < -0.3 is 20.6 Å². The standard InChI is InChI=1S/C22H27FN6O3/c1-3-29-21(31)15-5-4-14(12-17(15)26-22(29)32)13-27-8-10-28(11-9-27)18-7-6-16(20(30)24-2)25-19(18)23/h4-7,12,22,26,32H,3,8-11,13H2,1-2H3,(H,24,30). The Bertz CT molecular complexity index is 1020. The molecule has 0 bridgehead atoms. The van der Waals surface area contributed by atoms with Gasteiger partial charge in [0.1, 0.15) is 5.69 Å². The minimum atomic E-state index is -1.03. The number of hydrogen-bond acceptors (Lipinski definition) is 7. The van der Waals surface area contributed by atoms with Crippen LogP contribution in [-0.4, -0.2) is 77.8 Å². The number of carbonyl (C=O) groups excluding carboxylic acids is 2. The molecule has 1 aromatic carbocycles. The Morgan fingerprint density at radius 3 is 2.66 bits per heavy atom. The van der Waals surface area contributed by atoms with E-state index in [1.807, 2.05) is 24.0 Å². The Morgan fingerprint density at radius 2 is 2.00 bits per heavy atom. The maximum atomic E-state index is 14.4. The van der Waals surface area contributed by atoms with Crippen molar-refractivity contribution in [3.8, 4) is 0 Å². The minimum absolute atomic E-state index is 0.0547. The first-order valence-corrected chi connectivity index (χ1v) is 10.7. The lowest BCUT2D eigenvalue weighted by atomic mass is 10.0. The molecule has 1 saturated heterocycles. The maximum absolute atomic E-state index is 14.4. The minimum Gasteiger partial charge on any atom is -0.365 e. The molecule has 0 saturated carbocycles. The average molecular weight is 442 g/mol. The van der Waals surface area contributed by atoms with Crippen molar-refractivity contribution in [2.24, 2.45) is 0 Å². The zero-order valence-corrected chi connectivity index (χ0v) is 18.1. The Morgan fingerprint density at radius 1 is 1.25 bits per heavy atom. The van der Waals surface area contributed by atoms with Gasteiger partial charge in [-0.25, -0.2) is 4.98 Å². The van der Waals surface area contributed by atoms with Gasteiger partial charge in [-0.05, 0) is 36.8 Å². The molecule has 3 heterocycles. The summed E-state index contributed by atoms with van der Waals surface area (Å²) >= 11 is 0. The van der Waals surface area contributed by atoms with E-state index < -0.39 is 18.2 Å². The van der Waals surface area contributed by atoms with E-state index in [1.54, 1.807) is 12.1 Å². The number of piperazine rings is 1. The van der Waals surface area contributed by atoms with E-state index in [1.165, 1.54) is 18.0 Å². The van der Waals surface area contributed by atoms with E-state index in [4.69, 9.17) is 0 Å². The van der Waals surface area contributed by atoms with Gasteiger partial charge in [-0.15, -0.1) is 0 Å². The van der Waals surface area contributed by atoms with Crippen molar-refractivity contribution in [2.45, 2.75) is 19.8 Å². The Kier molecular flexibility index (Phi) is 6.24. The summed E-state index contributed by atoms with van der Waals surface area (Å²) in [6.07, 6.45) is -1.03. The van der Waals surface area contributed by atoms with Crippen LogP contribution in [0.3, 0.4) is 0 Å². The molecule has 3 N–H and O–H groups in total. The van der Waals surface area contributed by atoms with Crippen LogP contribution in [0.4, 0.5) is 15.8 Å². The van der Waals surface area contributed by atoms with Crippen LogP contribution in [0.1, 0.15) is 33.3 Å². The highest BCUT2D eigenvalue weighted by molar-refractivity contribution is 6.01. The van der Waals surface area contributed by atoms with Crippen molar-refractivity contribution in [2.75, 3.05) is 50.0 Å². The molecule has 2 aliphatic rings. The number of pyridine rings is 1. The van der Waals surface area contributed by atoms with Crippen LogP contribution in [0, 0.1) is 5.95 Å². The number of fused-ring (bicyclic) bond motifs is 1. The molecule has 4 rings (SSSR count). The molecule has 0 spiro atoms. The van der Waals surface area contributed by atoms with Crippen molar-refractivity contribution in [3.63, 3.8) is 0 Å². The lowest BCUT2D eigenvalue weighted by molar-refractivity contribution is 0.0210. The van der Waals surface area contributed by atoms with Gasteiger partial charge in [0.25, 0.3) is 11.8 Å². The van der Waals surface area contributed by atoms with Crippen LogP contribution >= 0.6 is 0 Å². The molecular weight excluding hydrogens is 415 g/mol. The number of hydrogen-bond donors (Lipinski definition) is 3. The monoisotopic (exact) mass is 442 g/mol. The number of anilines is 2.